The second-order valence-corrected chi connectivity index (χ2v) is 6.06. The first-order valence-electron chi connectivity index (χ1n) is 6.17. The van der Waals surface area contributed by atoms with E-state index in [1.54, 1.807) is 0 Å². The molecule has 98 valence electrons. The molecular weight excluding hydrogens is 248 g/mol. The Bertz CT molecular complexity index is 406. The molecule has 0 aliphatic carbocycles. The predicted octanol–water partition coefficient (Wildman–Crippen LogP) is 2.83. The molecule has 0 saturated heterocycles. The highest BCUT2D eigenvalue weighted by Gasteiger charge is 2.27. The summed E-state index contributed by atoms with van der Waals surface area (Å²) < 4.78 is 5.80. The Labute approximate surface area is 112 Å². The highest BCUT2D eigenvalue weighted by Crippen LogP contribution is 2.31. The summed E-state index contributed by atoms with van der Waals surface area (Å²) in [4.78, 5) is 11.1. The largest absolute Gasteiger partial charge is 0.489 e. The lowest BCUT2D eigenvalue weighted by atomic mass is 10.1. The van der Waals surface area contributed by atoms with E-state index in [1.807, 2.05) is 32.0 Å². The van der Waals surface area contributed by atoms with Gasteiger partial charge in [-0.15, -0.1) is 11.8 Å². The first kappa shape index (κ1) is 13.3. The summed E-state index contributed by atoms with van der Waals surface area (Å²) in [6.45, 7) is 3.88. The fraction of sp³-hybridized carbons (Fsp3) is 0.500. The van der Waals surface area contributed by atoms with Gasteiger partial charge in [0, 0.05) is 12.2 Å². The van der Waals surface area contributed by atoms with Crippen LogP contribution in [0.3, 0.4) is 0 Å². The van der Waals surface area contributed by atoms with Gasteiger partial charge in [0.15, 0.2) is 0 Å². The lowest BCUT2D eigenvalue weighted by Crippen LogP contribution is -2.26. The Morgan fingerprint density at radius 2 is 2.22 bits per heavy atom. The SMILES string of the molecule is CC(C)C(SCC1Cc2ccccc2O1)C(=O)O. The fourth-order valence-electron chi connectivity index (χ4n) is 2.11. The molecule has 0 saturated carbocycles. The van der Waals surface area contributed by atoms with Crippen LogP contribution in [0.4, 0.5) is 0 Å². The highest BCUT2D eigenvalue weighted by atomic mass is 32.2. The molecule has 0 spiro atoms. The third kappa shape index (κ3) is 2.99. The predicted molar refractivity (Wildman–Crippen MR) is 73.3 cm³/mol. The minimum Gasteiger partial charge on any atom is -0.489 e. The zero-order valence-electron chi connectivity index (χ0n) is 10.6. The molecule has 0 fully saturated rings. The number of para-hydroxylation sites is 1. The maximum absolute atomic E-state index is 11.1. The molecule has 1 heterocycles. The molecule has 3 nitrogen and oxygen atoms in total. The van der Waals surface area contributed by atoms with Crippen molar-refractivity contribution in [2.75, 3.05) is 5.75 Å². The van der Waals surface area contributed by atoms with E-state index >= 15 is 0 Å². The van der Waals surface area contributed by atoms with Crippen LogP contribution in [0.1, 0.15) is 19.4 Å². The smallest absolute Gasteiger partial charge is 0.316 e. The molecule has 1 aliphatic rings. The average Bonchev–Trinajstić information content (AvgIpc) is 2.70. The number of ether oxygens (including phenoxy) is 1. The Morgan fingerprint density at radius 1 is 1.50 bits per heavy atom. The molecule has 2 unspecified atom stereocenters. The van der Waals surface area contributed by atoms with E-state index in [-0.39, 0.29) is 17.3 Å². The molecule has 0 radical (unpaired) electrons. The maximum atomic E-state index is 11.1. The number of hydrogen-bond acceptors (Lipinski definition) is 3. The van der Waals surface area contributed by atoms with E-state index in [1.165, 1.54) is 17.3 Å². The average molecular weight is 266 g/mol. The van der Waals surface area contributed by atoms with Crippen molar-refractivity contribution in [3.63, 3.8) is 0 Å². The van der Waals surface area contributed by atoms with Crippen molar-refractivity contribution in [1.29, 1.82) is 0 Å². The summed E-state index contributed by atoms with van der Waals surface area (Å²) >= 11 is 1.48. The number of carboxylic acid groups (broad SMARTS) is 1. The number of fused-ring (bicyclic) bond motifs is 1. The molecule has 18 heavy (non-hydrogen) atoms. The third-order valence-corrected chi connectivity index (χ3v) is 4.69. The van der Waals surface area contributed by atoms with Crippen molar-refractivity contribution >= 4 is 17.7 Å². The van der Waals surface area contributed by atoms with Crippen LogP contribution in [0.25, 0.3) is 0 Å². The van der Waals surface area contributed by atoms with Gasteiger partial charge in [-0.25, -0.2) is 0 Å². The normalized spacial score (nSPS) is 19.4. The standard InChI is InChI=1S/C14H18O3S/c1-9(2)13(14(15)16)18-8-11-7-10-5-3-4-6-12(10)17-11/h3-6,9,11,13H,7-8H2,1-2H3,(H,15,16). The molecule has 1 aliphatic heterocycles. The Kier molecular flexibility index (Phi) is 4.17. The van der Waals surface area contributed by atoms with Gasteiger partial charge in [-0.1, -0.05) is 32.0 Å². The third-order valence-electron chi connectivity index (χ3n) is 3.02. The van der Waals surface area contributed by atoms with Crippen LogP contribution in [-0.4, -0.2) is 28.2 Å². The summed E-state index contributed by atoms with van der Waals surface area (Å²) in [6, 6.07) is 8.00. The van der Waals surface area contributed by atoms with Gasteiger partial charge in [0.25, 0.3) is 0 Å². The van der Waals surface area contributed by atoms with Gasteiger partial charge in [0.05, 0.1) is 0 Å². The van der Waals surface area contributed by atoms with Crippen molar-refractivity contribution < 1.29 is 14.6 Å². The molecule has 1 N–H and O–H groups in total. The molecule has 2 rings (SSSR count). The van der Waals surface area contributed by atoms with Crippen LogP contribution >= 0.6 is 11.8 Å². The van der Waals surface area contributed by atoms with E-state index in [0.29, 0.717) is 0 Å². The summed E-state index contributed by atoms with van der Waals surface area (Å²) in [5.74, 6) is 1.07. The molecule has 4 heteroatoms. The van der Waals surface area contributed by atoms with Gasteiger partial charge in [0.2, 0.25) is 0 Å². The Hall–Kier alpha value is -1.16. The van der Waals surface area contributed by atoms with Gasteiger partial charge in [-0.05, 0) is 17.5 Å². The van der Waals surface area contributed by atoms with Crippen LogP contribution in [0.15, 0.2) is 24.3 Å². The zero-order valence-corrected chi connectivity index (χ0v) is 11.4. The second kappa shape index (κ2) is 5.65. The molecule has 1 aromatic carbocycles. The van der Waals surface area contributed by atoms with Gasteiger partial charge in [-0.3, -0.25) is 4.79 Å². The van der Waals surface area contributed by atoms with Gasteiger partial charge in [0.1, 0.15) is 17.1 Å². The lowest BCUT2D eigenvalue weighted by molar-refractivity contribution is -0.137. The van der Waals surface area contributed by atoms with E-state index in [0.717, 1.165) is 17.9 Å². The van der Waals surface area contributed by atoms with Crippen molar-refractivity contribution in [1.82, 2.24) is 0 Å². The number of carbonyl (C=O) groups is 1. The number of carboxylic acids is 1. The van der Waals surface area contributed by atoms with Crippen molar-refractivity contribution in [2.45, 2.75) is 31.6 Å². The van der Waals surface area contributed by atoms with Crippen molar-refractivity contribution in [3.05, 3.63) is 29.8 Å². The van der Waals surface area contributed by atoms with Crippen LogP contribution in [0.5, 0.6) is 5.75 Å². The van der Waals surface area contributed by atoms with Crippen LogP contribution < -0.4 is 4.74 Å². The van der Waals surface area contributed by atoms with E-state index in [9.17, 15) is 4.79 Å². The summed E-state index contributed by atoms with van der Waals surface area (Å²) in [7, 11) is 0. The molecule has 0 amide bonds. The van der Waals surface area contributed by atoms with Crippen LogP contribution in [-0.2, 0) is 11.2 Å². The second-order valence-electron chi connectivity index (χ2n) is 4.89. The van der Waals surface area contributed by atoms with Gasteiger partial charge < -0.3 is 9.84 Å². The number of rotatable bonds is 5. The lowest BCUT2D eigenvalue weighted by Gasteiger charge is -2.18. The molecule has 0 aromatic heterocycles. The first-order chi connectivity index (χ1) is 8.58. The highest BCUT2D eigenvalue weighted by molar-refractivity contribution is 8.00. The Balaban J connectivity index is 1.88. The topological polar surface area (TPSA) is 46.5 Å². The quantitative estimate of drug-likeness (QED) is 0.890. The van der Waals surface area contributed by atoms with Gasteiger partial charge in [-0.2, -0.15) is 0 Å². The van der Waals surface area contributed by atoms with Crippen molar-refractivity contribution in [2.24, 2.45) is 5.92 Å². The summed E-state index contributed by atoms with van der Waals surface area (Å²) in [5.41, 5.74) is 1.22. The Morgan fingerprint density at radius 3 is 2.83 bits per heavy atom. The fourth-order valence-corrected chi connectivity index (χ4v) is 3.24. The number of hydrogen-bond donors (Lipinski definition) is 1. The first-order valence-corrected chi connectivity index (χ1v) is 7.21. The van der Waals surface area contributed by atoms with E-state index in [4.69, 9.17) is 9.84 Å². The van der Waals surface area contributed by atoms with Crippen LogP contribution in [0.2, 0.25) is 0 Å². The number of aliphatic carboxylic acids is 1. The number of benzene rings is 1. The minimum absolute atomic E-state index is 0.105. The summed E-state index contributed by atoms with van der Waals surface area (Å²) in [6.07, 6.45) is 0.987. The number of thioether (sulfide) groups is 1. The monoisotopic (exact) mass is 266 g/mol. The molecular formula is C14H18O3S. The van der Waals surface area contributed by atoms with Gasteiger partial charge >= 0.3 is 5.97 Å². The summed E-state index contributed by atoms with van der Waals surface area (Å²) in [5, 5.41) is 8.78. The maximum Gasteiger partial charge on any atom is 0.316 e. The van der Waals surface area contributed by atoms with E-state index in [2.05, 4.69) is 6.07 Å². The minimum atomic E-state index is -0.731. The van der Waals surface area contributed by atoms with Crippen molar-refractivity contribution in [3.8, 4) is 5.75 Å². The molecule has 1 aromatic rings. The zero-order chi connectivity index (χ0) is 13.1. The molecule has 0 bridgehead atoms. The van der Waals surface area contributed by atoms with Crippen LogP contribution in [0, 0.1) is 5.92 Å². The molecule has 2 atom stereocenters. The van der Waals surface area contributed by atoms with E-state index < -0.39 is 5.97 Å².